The van der Waals surface area contributed by atoms with E-state index in [0.717, 1.165) is 0 Å². The third kappa shape index (κ3) is 4.77. The number of carbonyl (C=O) groups excluding carboxylic acids is 2. The fraction of sp³-hybridized carbons (Fsp3) is 0.0952. The van der Waals surface area contributed by atoms with Crippen LogP contribution >= 0.6 is 0 Å². The summed E-state index contributed by atoms with van der Waals surface area (Å²) in [4.78, 5) is 24.2. The molecular formula is C21H17N3O4. The molecule has 0 spiro atoms. The summed E-state index contributed by atoms with van der Waals surface area (Å²) in [5.74, 6) is 0.0340. The summed E-state index contributed by atoms with van der Waals surface area (Å²) in [7, 11) is 0. The zero-order valence-corrected chi connectivity index (χ0v) is 15.0. The third-order valence-corrected chi connectivity index (χ3v) is 3.82. The van der Waals surface area contributed by atoms with Crippen molar-refractivity contribution >= 4 is 23.2 Å². The van der Waals surface area contributed by atoms with Crippen LogP contribution < -0.4 is 15.4 Å². The van der Waals surface area contributed by atoms with Crippen LogP contribution in [0, 0.1) is 11.3 Å². The summed E-state index contributed by atoms with van der Waals surface area (Å²) < 4.78 is 10.6. The standard InChI is InChI=1S/C21H17N3O4/c1-14(28-18-10-4-15(13-22)5-11-18)20(25)23-16-6-8-17(9-7-16)24-21(26)19-3-2-12-27-19/h2-12,14H,1H3,(H,23,25)(H,24,26). The third-order valence-electron chi connectivity index (χ3n) is 3.82. The van der Waals surface area contributed by atoms with Crippen LogP contribution in [0.2, 0.25) is 0 Å². The van der Waals surface area contributed by atoms with E-state index in [2.05, 4.69) is 10.6 Å². The van der Waals surface area contributed by atoms with Gasteiger partial charge in [0, 0.05) is 11.4 Å². The first-order chi connectivity index (χ1) is 13.5. The van der Waals surface area contributed by atoms with Gasteiger partial charge in [-0.25, -0.2) is 0 Å². The van der Waals surface area contributed by atoms with E-state index in [4.69, 9.17) is 14.4 Å². The molecule has 0 radical (unpaired) electrons. The molecule has 7 heteroatoms. The van der Waals surface area contributed by atoms with Gasteiger partial charge in [-0.15, -0.1) is 0 Å². The summed E-state index contributed by atoms with van der Waals surface area (Å²) in [6.07, 6.45) is 0.695. The van der Waals surface area contributed by atoms with Crippen molar-refractivity contribution < 1.29 is 18.7 Å². The van der Waals surface area contributed by atoms with Gasteiger partial charge < -0.3 is 19.8 Å². The predicted molar refractivity (Wildman–Crippen MR) is 103 cm³/mol. The number of nitrogens with zero attached hydrogens (tertiary/aromatic N) is 1. The quantitative estimate of drug-likeness (QED) is 0.682. The normalized spacial score (nSPS) is 11.1. The van der Waals surface area contributed by atoms with Crippen LogP contribution in [0.4, 0.5) is 11.4 Å². The van der Waals surface area contributed by atoms with E-state index < -0.39 is 6.10 Å². The van der Waals surface area contributed by atoms with Gasteiger partial charge in [0.2, 0.25) is 0 Å². The van der Waals surface area contributed by atoms with Crippen LogP contribution in [0.15, 0.2) is 71.3 Å². The molecule has 0 aliphatic rings. The van der Waals surface area contributed by atoms with Gasteiger partial charge in [0.05, 0.1) is 17.9 Å². The van der Waals surface area contributed by atoms with Crippen molar-refractivity contribution in [3.63, 3.8) is 0 Å². The second kappa shape index (κ2) is 8.56. The lowest BCUT2D eigenvalue weighted by Gasteiger charge is -2.15. The molecule has 0 bridgehead atoms. The van der Waals surface area contributed by atoms with Crippen molar-refractivity contribution in [3.8, 4) is 11.8 Å². The number of hydrogen-bond acceptors (Lipinski definition) is 5. The Morgan fingerprint density at radius 3 is 2.21 bits per heavy atom. The number of amides is 2. The molecule has 3 aromatic rings. The van der Waals surface area contributed by atoms with Gasteiger partial charge in [0.1, 0.15) is 5.75 Å². The van der Waals surface area contributed by atoms with Crippen molar-refractivity contribution in [2.45, 2.75) is 13.0 Å². The number of nitrogens with one attached hydrogen (secondary N) is 2. The number of nitriles is 1. The summed E-state index contributed by atoms with van der Waals surface area (Å²) in [6, 6.07) is 18.4. The Morgan fingerprint density at radius 1 is 1.00 bits per heavy atom. The first kappa shape index (κ1) is 18.7. The number of carbonyl (C=O) groups is 2. The van der Waals surface area contributed by atoms with Crippen LogP contribution in [0.5, 0.6) is 5.75 Å². The molecule has 1 unspecified atom stereocenters. The number of furan rings is 1. The summed E-state index contributed by atoms with van der Waals surface area (Å²) in [5.41, 5.74) is 1.65. The van der Waals surface area contributed by atoms with Crippen LogP contribution in [0.3, 0.4) is 0 Å². The average molecular weight is 375 g/mol. The second-order valence-electron chi connectivity index (χ2n) is 5.89. The van der Waals surface area contributed by atoms with Crippen molar-refractivity contribution in [3.05, 3.63) is 78.3 Å². The maximum Gasteiger partial charge on any atom is 0.291 e. The first-order valence-corrected chi connectivity index (χ1v) is 8.48. The highest BCUT2D eigenvalue weighted by atomic mass is 16.5. The first-order valence-electron chi connectivity index (χ1n) is 8.48. The fourth-order valence-electron chi connectivity index (χ4n) is 2.35. The zero-order valence-electron chi connectivity index (χ0n) is 15.0. The monoisotopic (exact) mass is 375 g/mol. The molecule has 2 amide bonds. The lowest BCUT2D eigenvalue weighted by atomic mass is 10.2. The molecule has 0 aliphatic heterocycles. The number of hydrogen-bond donors (Lipinski definition) is 2. The number of ether oxygens (including phenoxy) is 1. The van der Waals surface area contributed by atoms with Crippen molar-refractivity contribution in [1.82, 2.24) is 0 Å². The van der Waals surface area contributed by atoms with E-state index >= 15 is 0 Å². The van der Waals surface area contributed by atoms with E-state index in [9.17, 15) is 9.59 Å². The molecule has 1 atom stereocenters. The average Bonchev–Trinajstić information content (AvgIpc) is 3.25. The molecule has 7 nitrogen and oxygen atoms in total. The minimum Gasteiger partial charge on any atom is -0.481 e. The Kier molecular flexibility index (Phi) is 5.72. The minimum atomic E-state index is -0.730. The molecule has 2 N–H and O–H groups in total. The van der Waals surface area contributed by atoms with Crippen molar-refractivity contribution in [1.29, 1.82) is 5.26 Å². The van der Waals surface area contributed by atoms with Gasteiger partial charge in [0.25, 0.3) is 11.8 Å². The maximum absolute atomic E-state index is 12.3. The maximum atomic E-state index is 12.3. The van der Waals surface area contributed by atoms with Crippen LogP contribution in [-0.4, -0.2) is 17.9 Å². The van der Waals surface area contributed by atoms with Gasteiger partial charge in [-0.3, -0.25) is 9.59 Å². The largest absolute Gasteiger partial charge is 0.481 e. The van der Waals surface area contributed by atoms with Gasteiger partial charge in [-0.05, 0) is 67.6 Å². The van der Waals surface area contributed by atoms with Crippen LogP contribution in [0.25, 0.3) is 0 Å². The van der Waals surface area contributed by atoms with E-state index in [1.54, 1.807) is 67.6 Å². The zero-order chi connectivity index (χ0) is 19.9. The summed E-state index contributed by atoms with van der Waals surface area (Å²) in [5, 5.41) is 14.2. The molecule has 0 fully saturated rings. The lowest BCUT2D eigenvalue weighted by molar-refractivity contribution is -0.122. The van der Waals surface area contributed by atoms with Crippen molar-refractivity contribution in [2.24, 2.45) is 0 Å². The van der Waals surface area contributed by atoms with Gasteiger partial charge in [0.15, 0.2) is 11.9 Å². The smallest absolute Gasteiger partial charge is 0.291 e. The number of rotatable bonds is 6. The van der Waals surface area contributed by atoms with E-state index in [1.165, 1.54) is 6.26 Å². The van der Waals surface area contributed by atoms with E-state index in [1.807, 2.05) is 6.07 Å². The summed E-state index contributed by atoms with van der Waals surface area (Å²) in [6.45, 7) is 1.63. The Balaban J connectivity index is 1.54. The molecule has 2 aromatic carbocycles. The lowest BCUT2D eigenvalue weighted by Crippen LogP contribution is -2.30. The Morgan fingerprint density at radius 2 is 1.64 bits per heavy atom. The van der Waals surface area contributed by atoms with Gasteiger partial charge >= 0.3 is 0 Å². The molecule has 28 heavy (non-hydrogen) atoms. The van der Waals surface area contributed by atoms with E-state index in [0.29, 0.717) is 22.7 Å². The highest BCUT2D eigenvalue weighted by molar-refractivity contribution is 6.02. The molecule has 140 valence electrons. The Bertz CT molecular complexity index is 988. The van der Waals surface area contributed by atoms with Crippen LogP contribution in [0.1, 0.15) is 23.0 Å². The van der Waals surface area contributed by atoms with Crippen molar-refractivity contribution in [2.75, 3.05) is 10.6 Å². The van der Waals surface area contributed by atoms with E-state index in [-0.39, 0.29) is 17.6 Å². The van der Waals surface area contributed by atoms with Gasteiger partial charge in [-0.1, -0.05) is 0 Å². The molecule has 0 saturated heterocycles. The highest BCUT2D eigenvalue weighted by Crippen LogP contribution is 2.17. The Hall–Kier alpha value is -4.05. The number of benzene rings is 2. The number of anilines is 2. The van der Waals surface area contributed by atoms with Gasteiger partial charge in [-0.2, -0.15) is 5.26 Å². The highest BCUT2D eigenvalue weighted by Gasteiger charge is 2.15. The predicted octanol–water partition coefficient (Wildman–Crippen LogP) is 3.81. The molecule has 1 aromatic heterocycles. The molecule has 0 aliphatic carbocycles. The minimum absolute atomic E-state index is 0.214. The molecule has 3 rings (SSSR count). The molecule has 1 heterocycles. The SMILES string of the molecule is CC(Oc1ccc(C#N)cc1)C(=O)Nc1ccc(NC(=O)c2ccco2)cc1. The molecule has 0 saturated carbocycles. The topological polar surface area (TPSA) is 104 Å². The molecular weight excluding hydrogens is 358 g/mol. The second-order valence-corrected chi connectivity index (χ2v) is 5.89. The van der Waals surface area contributed by atoms with Crippen LogP contribution in [-0.2, 0) is 4.79 Å². The Labute approximate surface area is 161 Å². The summed E-state index contributed by atoms with van der Waals surface area (Å²) >= 11 is 0. The fourth-order valence-corrected chi connectivity index (χ4v) is 2.35.